The Bertz CT molecular complexity index is 2390. The molecule has 0 radical (unpaired) electrons. The van der Waals surface area contributed by atoms with Gasteiger partial charge in [0.1, 0.15) is 0 Å². The molecule has 0 unspecified atom stereocenters. The van der Waals surface area contributed by atoms with Crippen molar-refractivity contribution in [2.75, 3.05) is 0 Å². The molecular weight excluding hydrogens is 791 g/mol. The normalized spacial score (nSPS) is 12.1. The van der Waals surface area contributed by atoms with Gasteiger partial charge < -0.3 is 4.57 Å². The van der Waals surface area contributed by atoms with E-state index in [9.17, 15) is 0 Å². The van der Waals surface area contributed by atoms with Crippen molar-refractivity contribution >= 4 is 86.0 Å². The third-order valence-corrected chi connectivity index (χ3v) is 17.1. The number of fused-ring (bicyclic) bond motifs is 7. The van der Waals surface area contributed by atoms with E-state index in [1.807, 2.05) is 45.3 Å². The highest BCUT2D eigenvalue weighted by Gasteiger charge is 2.23. The third kappa shape index (κ3) is 9.80. The number of aryl methyl sites for hydroxylation is 3. The van der Waals surface area contributed by atoms with Gasteiger partial charge >= 0.3 is 0 Å². The van der Waals surface area contributed by atoms with Gasteiger partial charge in [0.05, 0.1) is 20.4 Å². The van der Waals surface area contributed by atoms with Gasteiger partial charge in [-0.15, -0.1) is 45.3 Å². The van der Waals surface area contributed by atoms with E-state index in [0.717, 1.165) is 0 Å². The zero-order chi connectivity index (χ0) is 40.4. The predicted octanol–water partition coefficient (Wildman–Crippen LogP) is 19.4. The number of nitrogens with zero attached hydrogens (tertiary/aromatic N) is 1. The van der Waals surface area contributed by atoms with Crippen molar-refractivity contribution in [3.05, 3.63) is 100 Å². The molecular formula is C54H65NS4. The molecule has 5 aromatic heterocycles. The van der Waals surface area contributed by atoms with Gasteiger partial charge in [-0.25, -0.2) is 0 Å². The summed E-state index contributed by atoms with van der Waals surface area (Å²) in [5.74, 6) is 0. The maximum absolute atomic E-state index is 2.65. The molecule has 0 aliphatic heterocycles. The average molecular weight is 856 g/mol. The topological polar surface area (TPSA) is 4.93 Å². The number of benzene rings is 3. The van der Waals surface area contributed by atoms with Crippen LogP contribution >= 0.6 is 45.3 Å². The van der Waals surface area contributed by atoms with Gasteiger partial charge in [0.2, 0.25) is 0 Å². The first kappa shape index (κ1) is 42.5. The van der Waals surface area contributed by atoms with Crippen LogP contribution in [0, 0.1) is 0 Å². The molecule has 0 atom stereocenters. The summed E-state index contributed by atoms with van der Waals surface area (Å²) >= 11 is 7.81. The summed E-state index contributed by atoms with van der Waals surface area (Å²) in [5, 5.41) is 7.40. The number of aromatic nitrogens is 1. The third-order valence-electron chi connectivity index (χ3n) is 12.6. The van der Waals surface area contributed by atoms with E-state index in [-0.39, 0.29) is 0 Å². The number of thiophene rings is 4. The van der Waals surface area contributed by atoms with Gasteiger partial charge in [-0.05, 0) is 126 Å². The smallest absolute Gasteiger partial charge is 0.0736 e. The van der Waals surface area contributed by atoms with E-state index in [1.54, 1.807) is 0 Å². The molecule has 0 N–H and O–H groups in total. The summed E-state index contributed by atoms with van der Waals surface area (Å²) in [6.45, 7) is 6.91. The molecule has 0 fully saturated rings. The Hall–Kier alpha value is -3.22. The molecule has 0 saturated heterocycles. The molecule has 310 valence electrons. The van der Waals surface area contributed by atoms with Gasteiger partial charge in [-0.1, -0.05) is 141 Å². The fourth-order valence-electron chi connectivity index (χ4n) is 9.26. The minimum absolute atomic E-state index is 1.17. The lowest BCUT2D eigenvalue weighted by molar-refractivity contribution is 0.556. The Kier molecular flexibility index (Phi) is 15.1. The second kappa shape index (κ2) is 21.0. The molecule has 8 rings (SSSR count). The Morgan fingerprint density at radius 3 is 1.32 bits per heavy atom. The highest BCUT2D eigenvalue weighted by Crippen LogP contribution is 2.50. The van der Waals surface area contributed by atoms with Gasteiger partial charge in [0, 0.05) is 35.6 Å². The highest BCUT2D eigenvalue weighted by molar-refractivity contribution is 7.33. The lowest BCUT2D eigenvalue weighted by Gasteiger charge is -2.11. The standard InChI is InChI=1S/C54H65NS4/c1-4-7-10-13-14-15-16-17-18-19-22-39-25-29-44(30-26-39)55-49-45-37-42(51-40(33-35-56-51)23-20-11-8-5-2)27-31-47(45)58-53(49)54-50(55)46-38-43(28-32-48(46)59-54)52-41(34-36-57-52)24-21-12-9-6-3/h25-38H,4-24H2,1-3H3. The van der Waals surface area contributed by atoms with Crippen LogP contribution in [0.1, 0.15) is 153 Å². The zero-order valence-corrected chi connectivity index (χ0v) is 39.3. The van der Waals surface area contributed by atoms with Crippen molar-refractivity contribution in [3.63, 3.8) is 0 Å². The SMILES string of the molecule is CCCCCCCCCCCCc1ccc(-n2c3c4cc(-c5sccc5CCCCCC)ccc4sc3c3sc4ccc(-c5sccc5CCCCCC)cc4c32)cc1. The Balaban J connectivity index is 1.14. The lowest BCUT2D eigenvalue weighted by Crippen LogP contribution is -1.95. The number of hydrogen-bond acceptors (Lipinski definition) is 4. The lowest BCUT2D eigenvalue weighted by atomic mass is 10.0. The van der Waals surface area contributed by atoms with Gasteiger partial charge in [0.25, 0.3) is 0 Å². The van der Waals surface area contributed by atoms with Gasteiger partial charge in [-0.3, -0.25) is 0 Å². The van der Waals surface area contributed by atoms with Crippen LogP contribution in [0.25, 0.3) is 67.2 Å². The van der Waals surface area contributed by atoms with Crippen LogP contribution < -0.4 is 0 Å². The maximum atomic E-state index is 2.65. The zero-order valence-electron chi connectivity index (χ0n) is 36.0. The quantitative estimate of drug-likeness (QED) is 0.0534. The van der Waals surface area contributed by atoms with E-state index in [1.165, 1.54) is 219 Å². The predicted molar refractivity (Wildman–Crippen MR) is 269 cm³/mol. The molecule has 0 amide bonds. The average Bonchev–Trinajstić information content (AvgIpc) is 4.10. The van der Waals surface area contributed by atoms with Crippen molar-refractivity contribution in [2.45, 2.75) is 156 Å². The van der Waals surface area contributed by atoms with Crippen LogP contribution in [-0.4, -0.2) is 4.57 Å². The van der Waals surface area contributed by atoms with Crippen LogP contribution in [0.2, 0.25) is 0 Å². The van der Waals surface area contributed by atoms with Gasteiger partial charge in [0.15, 0.2) is 0 Å². The van der Waals surface area contributed by atoms with Crippen LogP contribution in [0.15, 0.2) is 83.6 Å². The molecule has 0 aliphatic carbocycles. The Morgan fingerprint density at radius 2 is 0.847 bits per heavy atom. The minimum Gasteiger partial charge on any atom is -0.306 e. The molecule has 5 heterocycles. The molecule has 59 heavy (non-hydrogen) atoms. The van der Waals surface area contributed by atoms with Crippen molar-refractivity contribution in [2.24, 2.45) is 0 Å². The van der Waals surface area contributed by atoms with Crippen molar-refractivity contribution < 1.29 is 0 Å². The molecule has 1 nitrogen and oxygen atoms in total. The summed E-state index contributed by atoms with van der Waals surface area (Å²) in [5.41, 5.74) is 11.3. The van der Waals surface area contributed by atoms with Crippen LogP contribution in [-0.2, 0) is 19.3 Å². The first-order chi connectivity index (χ1) is 29.2. The summed E-state index contributed by atoms with van der Waals surface area (Å²) in [4.78, 5) is 2.91. The molecule has 0 saturated carbocycles. The molecule has 8 aromatic rings. The van der Waals surface area contributed by atoms with Crippen molar-refractivity contribution in [1.29, 1.82) is 0 Å². The first-order valence-electron chi connectivity index (χ1n) is 23.3. The fraction of sp³-hybridized carbons (Fsp3) is 0.444. The van der Waals surface area contributed by atoms with Crippen LogP contribution in [0.3, 0.4) is 0 Å². The van der Waals surface area contributed by atoms with E-state index < -0.39 is 0 Å². The van der Waals surface area contributed by atoms with Crippen molar-refractivity contribution in [3.8, 4) is 26.6 Å². The van der Waals surface area contributed by atoms with E-state index in [0.29, 0.717) is 0 Å². The summed E-state index contributed by atoms with van der Waals surface area (Å²) < 4.78 is 8.29. The summed E-state index contributed by atoms with van der Waals surface area (Å²) in [6.07, 6.45) is 27.8. The number of unbranched alkanes of at least 4 members (excludes halogenated alkanes) is 15. The molecule has 0 bridgehead atoms. The van der Waals surface area contributed by atoms with Crippen molar-refractivity contribution in [1.82, 2.24) is 4.57 Å². The second-order valence-electron chi connectivity index (χ2n) is 17.1. The largest absolute Gasteiger partial charge is 0.306 e. The second-order valence-corrected chi connectivity index (χ2v) is 21.0. The fourth-order valence-corrected chi connectivity index (χ4v) is 13.6. The molecule has 5 heteroatoms. The Morgan fingerprint density at radius 1 is 0.424 bits per heavy atom. The molecule has 3 aromatic carbocycles. The minimum atomic E-state index is 1.17. The van der Waals surface area contributed by atoms with Crippen LogP contribution in [0.4, 0.5) is 0 Å². The molecule has 0 spiro atoms. The summed E-state index contributed by atoms with van der Waals surface area (Å²) in [7, 11) is 0. The molecule has 0 aliphatic rings. The number of hydrogen-bond donors (Lipinski definition) is 0. The Labute approximate surface area is 370 Å². The van der Waals surface area contributed by atoms with Crippen LogP contribution in [0.5, 0.6) is 0 Å². The van der Waals surface area contributed by atoms with E-state index in [4.69, 9.17) is 0 Å². The number of rotatable bonds is 24. The highest BCUT2D eigenvalue weighted by atomic mass is 32.1. The first-order valence-corrected chi connectivity index (χ1v) is 26.7. The van der Waals surface area contributed by atoms with E-state index >= 15 is 0 Å². The maximum Gasteiger partial charge on any atom is 0.0736 e. The van der Waals surface area contributed by atoms with E-state index in [2.05, 4.69) is 109 Å². The monoisotopic (exact) mass is 855 g/mol. The van der Waals surface area contributed by atoms with Gasteiger partial charge in [-0.2, -0.15) is 0 Å². The summed E-state index contributed by atoms with van der Waals surface area (Å²) in [6, 6.07) is 29.1.